The lowest BCUT2D eigenvalue weighted by Crippen LogP contribution is -2.12. The zero-order chi connectivity index (χ0) is 12.5. The highest BCUT2D eigenvalue weighted by Gasteiger charge is 2.39. The van der Waals surface area contributed by atoms with Gasteiger partial charge < -0.3 is 9.32 Å². The molecule has 0 atom stereocenters. The summed E-state index contributed by atoms with van der Waals surface area (Å²) < 4.78 is 43.0. The van der Waals surface area contributed by atoms with Crippen LogP contribution in [-0.4, -0.2) is 24.0 Å². The lowest BCUT2D eigenvalue weighted by Gasteiger charge is -2.06. The molecule has 0 aliphatic rings. The van der Waals surface area contributed by atoms with E-state index in [1.54, 1.807) is 32.8 Å². The van der Waals surface area contributed by atoms with Crippen LogP contribution in [-0.2, 0) is 12.7 Å². The summed E-state index contributed by atoms with van der Waals surface area (Å²) in [6.45, 7) is 3.56. The van der Waals surface area contributed by atoms with Crippen molar-refractivity contribution >= 4 is 0 Å². The molecular formula is C10H15F3N2O. The Bertz CT molecular complexity index is 355. The van der Waals surface area contributed by atoms with Gasteiger partial charge in [0.15, 0.2) is 5.69 Å². The van der Waals surface area contributed by atoms with E-state index >= 15 is 0 Å². The fraction of sp³-hybridized carbons (Fsp3) is 0.700. The summed E-state index contributed by atoms with van der Waals surface area (Å²) in [4.78, 5) is 5.21. The number of aromatic nitrogens is 1. The summed E-state index contributed by atoms with van der Waals surface area (Å²) in [5.74, 6) is -0.328. The van der Waals surface area contributed by atoms with E-state index in [4.69, 9.17) is 4.42 Å². The molecule has 0 saturated heterocycles. The highest BCUT2D eigenvalue weighted by molar-refractivity contribution is 5.16. The van der Waals surface area contributed by atoms with Gasteiger partial charge in [-0.05, 0) is 14.1 Å². The minimum atomic E-state index is -4.45. The van der Waals surface area contributed by atoms with Gasteiger partial charge in [-0.25, -0.2) is 4.98 Å². The van der Waals surface area contributed by atoms with Crippen LogP contribution in [0.4, 0.5) is 13.2 Å². The molecule has 1 rings (SSSR count). The third kappa shape index (κ3) is 2.98. The Morgan fingerprint density at radius 3 is 2.19 bits per heavy atom. The molecule has 1 aromatic heterocycles. The Balaban J connectivity index is 3.11. The van der Waals surface area contributed by atoms with E-state index in [-0.39, 0.29) is 24.1 Å². The van der Waals surface area contributed by atoms with Gasteiger partial charge in [0.1, 0.15) is 5.76 Å². The molecule has 0 radical (unpaired) electrons. The monoisotopic (exact) mass is 236 g/mol. The van der Waals surface area contributed by atoms with Gasteiger partial charge in [-0.2, -0.15) is 13.2 Å². The van der Waals surface area contributed by atoms with Crippen LogP contribution in [0.3, 0.4) is 0 Å². The second kappa shape index (κ2) is 4.45. The minimum absolute atomic E-state index is 0.0932. The Morgan fingerprint density at radius 1 is 1.31 bits per heavy atom. The molecule has 0 aromatic carbocycles. The van der Waals surface area contributed by atoms with Crippen molar-refractivity contribution in [1.29, 1.82) is 0 Å². The Labute approximate surface area is 92.3 Å². The predicted molar refractivity (Wildman–Crippen MR) is 53.0 cm³/mol. The molecule has 1 heterocycles. The van der Waals surface area contributed by atoms with Gasteiger partial charge in [0.25, 0.3) is 0 Å². The number of alkyl halides is 3. The van der Waals surface area contributed by atoms with E-state index in [2.05, 4.69) is 4.98 Å². The number of halogens is 3. The summed E-state index contributed by atoms with van der Waals surface area (Å²) in [6.07, 6.45) is -4.45. The van der Waals surface area contributed by atoms with Crippen molar-refractivity contribution in [1.82, 2.24) is 9.88 Å². The predicted octanol–water partition coefficient (Wildman–Crippen LogP) is 2.88. The highest BCUT2D eigenvalue weighted by Crippen LogP contribution is 2.35. The van der Waals surface area contributed by atoms with Crippen molar-refractivity contribution in [3.8, 4) is 0 Å². The molecule has 3 nitrogen and oxygen atoms in total. The average molecular weight is 236 g/mol. The second-order valence-electron chi connectivity index (χ2n) is 4.21. The Kier molecular flexibility index (Phi) is 3.62. The Morgan fingerprint density at radius 2 is 1.88 bits per heavy atom. The van der Waals surface area contributed by atoms with Gasteiger partial charge in [0, 0.05) is 5.92 Å². The van der Waals surface area contributed by atoms with Crippen LogP contribution in [0, 0.1) is 0 Å². The summed E-state index contributed by atoms with van der Waals surface area (Å²) in [5.41, 5.74) is -0.903. The van der Waals surface area contributed by atoms with Gasteiger partial charge in [-0.1, -0.05) is 13.8 Å². The third-order valence-electron chi connectivity index (χ3n) is 1.94. The molecule has 0 unspecified atom stereocenters. The van der Waals surface area contributed by atoms with E-state index in [9.17, 15) is 13.2 Å². The van der Waals surface area contributed by atoms with E-state index in [1.165, 1.54) is 0 Å². The van der Waals surface area contributed by atoms with Crippen LogP contribution in [0.2, 0.25) is 0 Å². The number of hydrogen-bond donors (Lipinski definition) is 0. The first-order valence-corrected chi connectivity index (χ1v) is 4.93. The topological polar surface area (TPSA) is 29.3 Å². The highest BCUT2D eigenvalue weighted by atomic mass is 19.4. The minimum Gasteiger partial charge on any atom is -0.443 e. The van der Waals surface area contributed by atoms with Crippen LogP contribution in [0.15, 0.2) is 4.42 Å². The van der Waals surface area contributed by atoms with Crippen molar-refractivity contribution < 1.29 is 17.6 Å². The smallest absolute Gasteiger partial charge is 0.436 e. The molecule has 0 aliphatic heterocycles. The lowest BCUT2D eigenvalue weighted by molar-refractivity contribution is -0.142. The van der Waals surface area contributed by atoms with E-state index in [0.29, 0.717) is 0 Å². The average Bonchev–Trinajstić information content (AvgIpc) is 2.45. The first-order chi connectivity index (χ1) is 7.21. The van der Waals surface area contributed by atoms with Crippen LogP contribution in [0.5, 0.6) is 0 Å². The fourth-order valence-corrected chi connectivity index (χ4v) is 1.31. The van der Waals surface area contributed by atoms with Crippen molar-refractivity contribution in [2.45, 2.75) is 32.5 Å². The molecule has 0 fully saturated rings. The van der Waals surface area contributed by atoms with E-state index in [1.807, 2.05) is 0 Å². The zero-order valence-electron chi connectivity index (χ0n) is 9.72. The van der Waals surface area contributed by atoms with Gasteiger partial charge >= 0.3 is 6.18 Å². The Hall–Kier alpha value is -1.04. The molecule has 0 saturated carbocycles. The number of rotatable bonds is 3. The molecule has 0 aliphatic carbocycles. The maximum absolute atomic E-state index is 12.6. The second-order valence-corrected chi connectivity index (χ2v) is 4.21. The van der Waals surface area contributed by atoms with Gasteiger partial charge in [-0.15, -0.1) is 0 Å². The first-order valence-electron chi connectivity index (χ1n) is 4.93. The van der Waals surface area contributed by atoms with Crippen molar-refractivity contribution in [3.05, 3.63) is 17.3 Å². The molecular weight excluding hydrogens is 221 g/mol. The first kappa shape index (κ1) is 13.0. The summed E-state index contributed by atoms with van der Waals surface area (Å²) in [6, 6.07) is 0. The maximum atomic E-state index is 12.6. The summed E-state index contributed by atoms with van der Waals surface area (Å²) in [7, 11) is 3.49. The van der Waals surface area contributed by atoms with Crippen molar-refractivity contribution in [2.75, 3.05) is 14.1 Å². The lowest BCUT2D eigenvalue weighted by atomic mass is 10.1. The third-order valence-corrected chi connectivity index (χ3v) is 1.94. The van der Waals surface area contributed by atoms with Crippen LogP contribution in [0.1, 0.15) is 37.1 Å². The SMILES string of the molecule is CC(C)c1oc(CN(C)C)nc1C(F)(F)F. The van der Waals surface area contributed by atoms with Crippen LogP contribution in [0.25, 0.3) is 0 Å². The van der Waals surface area contributed by atoms with Gasteiger partial charge in [0.05, 0.1) is 6.54 Å². The van der Waals surface area contributed by atoms with Gasteiger partial charge in [-0.3, -0.25) is 0 Å². The zero-order valence-corrected chi connectivity index (χ0v) is 9.72. The molecule has 92 valence electrons. The molecule has 0 amide bonds. The molecule has 0 bridgehead atoms. The van der Waals surface area contributed by atoms with E-state index in [0.717, 1.165) is 0 Å². The van der Waals surface area contributed by atoms with Crippen LogP contribution < -0.4 is 0 Å². The number of hydrogen-bond acceptors (Lipinski definition) is 3. The van der Waals surface area contributed by atoms with E-state index < -0.39 is 11.9 Å². The van der Waals surface area contributed by atoms with Crippen LogP contribution >= 0.6 is 0 Å². The molecule has 0 N–H and O–H groups in total. The fourth-order valence-electron chi connectivity index (χ4n) is 1.31. The van der Waals surface area contributed by atoms with Crippen molar-refractivity contribution in [2.24, 2.45) is 0 Å². The number of oxazole rings is 1. The summed E-state index contributed by atoms with van der Waals surface area (Å²) in [5, 5.41) is 0. The standard InChI is InChI=1S/C10H15F3N2O/c1-6(2)8-9(10(11,12)13)14-7(16-8)5-15(3)4/h6H,5H2,1-4H3. The maximum Gasteiger partial charge on any atom is 0.436 e. The van der Waals surface area contributed by atoms with Crippen molar-refractivity contribution in [3.63, 3.8) is 0 Å². The summed E-state index contributed by atoms with van der Waals surface area (Å²) >= 11 is 0. The quantitative estimate of drug-likeness (QED) is 0.808. The molecule has 16 heavy (non-hydrogen) atoms. The van der Waals surface area contributed by atoms with Gasteiger partial charge in [0.2, 0.25) is 5.89 Å². The molecule has 0 spiro atoms. The normalized spacial score (nSPS) is 12.8. The molecule has 6 heteroatoms. The number of nitrogens with zero attached hydrogens (tertiary/aromatic N) is 2. The molecule has 1 aromatic rings. The largest absolute Gasteiger partial charge is 0.443 e.